The Morgan fingerprint density at radius 3 is 2.54 bits per heavy atom. The normalized spacial score (nSPS) is 11.6. The predicted molar refractivity (Wildman–Crippen MR) is 94.0 cm³/mol. The summed E-state index contributed by atoms with van der Waals surface area (Å²) in [7, 11) is 0. The van der Waals surface area contributed by atoms with Crippen molar-refractivity contribution in [2.24, 2.45) is 0 Å². The lowest BCUT2D eigenvalue weighted by atomic mass is 10.2. The highest BCUT2D eigenvalue weighted by Gasteiger charge is 2.19. The van der Waals surface area contributed by atoms with Crippen LogP contribution < -0.4 is 11.1 Å². The molecule has 126 valence electrons. The Morgan fingerprint density at radius 1 is 1.17 bits per heavy atom. The summed E-state index contributed by atoms with van der Waals surface area (Å²) in [5, 5.41) is 3.57. The van der Waals surface area contributed by atoms with Gasteiger partial charge in [0, 0.05) is 11.6 Å². The highest BCUT2D eigenvalue weighted by atomic mass is 35.5. The summed E-state index contributed by atoms with van der Waals surface area (Å²) >= 11 is 11.8. The second-order valence-corrected chi connectivity index (χ2v) is 5.91. The van der Waals surface area contributed by atoms with Crippen LogP contribution in [-0.2, 0) is 16.1 Å². The quantitative estimate of drug-likeness (QED) is 0.627. The lowest BCUT2D eigenvalue weighted by Gasteiger charge is -2.14. The number of nitrogens with two attached hydrogens (primary N) is 1. The van der Waals surface area contributed by atoms with E-state index in [-0.39, 0.29) is 17.8 Å². The van der Waals surface area contributed by atoms with Gasteiger partial charge in [-0.05, 0) is 36.8 Å². The Labute approximate surface area is 149 Å². The molecule has 24 heavy (non-hydrogen) atoms. The minimum atomic E-state index is -0.961. The minimum absolute atomic E-state index is 0.225. The van der Waals surface area contributed by atoms with E-state index < -0.39 is 18.0 Å². The first-order chi connectivity index (χ1) is 11.4. The largest absolute Gasteiger partial charge is 0.449 e. The van der Waals surface area contributed by atoms with E-state index in [1.807, 2.05) is 6.07 Å². The average Bonchev–Trinajstić information content (AvgIpc) is 2.56. The summed E-state index contributed by atoms with van der Waals surface area (Å²) in [4.78, 5) is 24.1. The van der Waals surface area contributed by atoms with Crippen LogP contribution in [0.5, 0.6) is 0 Å². The van der Waals surface area contributed by atoms with Crippen molar-refractivity contribution < 1.29 is 14.3 Å². The van der Waals surface area contributed by atoms with Crippen LogP contribution in [0.3, 0.4) is 0 Å². The molecule has 5 nitrogen and oxygen atoms in total. The fourth-order valence-electron chi connectivity index (χ4n) is 1.92. The third kappa shape index (κ3) is 4.63. The molecule has 1 atom stereocenters. The minimum Gasteiger partial charge on any atom is -0.449 e. The van der Waals surface area contributed by atoms with Gasteiger partial charge in [0.15, 0.2) is 6.10 Å². The Balaban J connectivity index is 1.92. The summed E-state index contributed by atoms with van der Waals surface area (Å²) in [6.45, 7) is 1.73. The molecule has 0 aliphatic carbocycles. The molecule has 0 aromatic heterocycles. The molecule has 0 aliphatic heterocycles. The first-order valence-electron chi connectivity index (χ1n) is 7.15. The Hall–Kier alpha value is -2.24. The second kappa shape index (κ2) is 8.04. The molecule has 7 heteroatoms. The van der Waals surface area contributed by atoms with Crippen molar-refractivity contribution in [3.63, 3.8) is 0 Å². The molecule has 1 amide bonds. The number of anilines is 1. The van der Waals surface area contributed by atoms with Gasteiger partial charge in [-0.3, -0.25) is 4.79 Å². The third-order valence-corrected chi connectivity index (χ3v) is 4.01. The molecule has 0 heterocycles. The van der Waals surface area contributed by atoms with E-state index in [1.54, 1.807) is 18.2 Å². The van der Waals surface area contributed by atoms with Gasteiger partial charge >= 0.3 is 5.97 Å². The van der Waals surface area contributed by atoms with Gasteiger partial charge in [-0.25, -0.2) is 4.79 Å². The van der Waals surface area contributed by atoms with E-state index in [2.05, 4.69) is 5.32 Å². The van der Waals surface area contributed by atoms with Gasteiger partial charge in [0.1, 0.15) is 0 Å². The standard InChI is InChI=1S/C17H16Cl2N2O3/c1-10(16(22)21-9-12-4-2-3-5-13(12)18)24-17(23)11-6-7-14(19)15(20)8-11/h2-8,10H,9,20H2,1H3,(H,21,22). The van der Waals surface area contributed by atoms with Gasteiger partial charge in [-0.1, -0.05) is 41.4 Å². The highest BCUT2D eigenvalue weighted by Crippen LogP contribution is 2.20. The van der Waals surface area contributed by atoms with Crippen molar-refractivity contribution in [1.82, 2.24) is 5.32 Å². The van der Waals surface area contributed by atoms with Crippen molar-refractivity contribution in [3.05, 3.63) is 63.6 Å². The van der Waals surface area contributed by atoms with E-state index in [4.69, 9.17) is 33.7 Å². The van der Waals surface area contributed by atoms with Crippen LogP contribution in [0.1, 0.15) is 22.8 Å². The van der Waals surface area contributed by atoms with E-state index in [0.29, 0.717) is 10.0 Å². The van der Waals surface area contributed by atoms with Crippen LogP contribution in [0.2, 0.25) is 10.0 Å². The Morgan fingerprint density at radius 2 is 1.88 bits per heavy atom. The third-order valence-electron chi connectivity index (χ3n) is 3.30. The smallest absolute Gasteiger partial charge is 0.338 e. The van der Waals surface area contributed by atoms with Gasteiger partial charge < -0.3 is 15.8 Å². The van der Waals surface area contributed by atoms with Crippen LogP contribution in [0.15, 0.2) is 42.5 Å². The fraction of sp³-hybridized carbons (Fsp3) is 0.176. The summed E-state index contributed by atoms with van der Waals surface area (Å²) < 4.78 is 5.13. The summed E-state index contributed by atoms with van der Waals surface area (Å²) in [5.74, 6) is -1.08. The first kappa shape index (κ1) is 18.1. The second-order valence-electron chi connectivity index (χ2n) is 5.09. The number of amides is 1. The monoisotopic (exact) mass is 366 g/mol. The maximum Gasteiger partial charge on any atom is 0.338 e. The molecule has 2 aromatic carbocycles. The topological polar surface area (TPSA) is 81.4 Å². The van der Waals surface area contributed by atoms with Crippen LogP contribution in [0.25, 0.3) is 0 Å². The number of hydrogen-bond acceptors (Lipinski definition) is 4. The lowest BCUT2D eigenvalue weighted by Crippen LogP contribution is -2.35. The molecule has 2 rings (SSSR count). The number of nitrogen functional groups attached to an aromatic ring is 1. The first-order valence-corrected chi connectivity index (χ1v) is 7.91. The van der Waals surface area contributed by atoms with Gasteiger partial charge in [0.05, 0.1) is 16.3 Å². The molecule has 0 aliphatic rings. The van der Waals surface area contributed by atoms with Crippen molar-refractivity contribution >= 4 is 40.8 Å². The average molecular weight is 367 g/mol. The number of hydrogen-bond donors (Lipinski definition) is 2. The molecule has 0 spiro atoms. The molecule has 0 bridgehead atoms. The van der Waals surface area contributed by atoms with Gasteiger partial charge in [-0.2, -0.15) is 0 Å². The van der Waals surface area contributed by atoms with E-state index >= 15 is 0 Å². The van der Waals surface area contributed by atoms with Crippen molar-refractivity contribution in [3.8, 4) is 0 Å². The zero-order valence-electron chi connectivity index (χ0n) is 12.9. The number of halogens is 2. The number of carbonyl (C=O) groups is 2. The van der Waals surface area contributed by atoms with Crippen molar-refractivity contribution in [2.75, 3.05) is 5.73 Å². The molecule has 2 aromatic rings. The molecule has 0 saturated carbocycles. The zero-order chi connectivity index (χ0) is 17.7. The number of nitrogens with one attached hydrogen (secondary N) is 1. The van der Waals surface area contributed by atoms with Crippen LogP contribution in [0.4, 0.5) is 5.69 Å². The maximum absolute atomic E-state index is 12.0. The number of benzene rings is 2. The number of esters is 1. The predicted octanol–water partition coefficient (Wildman–Crippen LogP) is 3.44. The number of carbonyl (C=O) groups excluding carboxylic acids is 2. The van der Waals surface area contributed by atoms with Crippen LogP contribution >= 0.6 is 23.2 Å². The van der Waals surface area contributed by atoms with Gasteiger partial charge in [-0.15, -0.1) is 0 Å². The van der Waals surface area contributed by atoms with E-state index in [1.165, 1.54) is 25.1 Å². The lowest BCUT2D eigenvalue weighted by molar-refractivity contribution is -0.129. The number of rotatable bonds is 5. The van der Waals surface area contributed by atoms with Crippen LogP contribution in [0, 0.1) is 0 Å². The summed E-state index contributed by atoms with van der Waals surface area (Å²) in [6.07, 6.45) is -0.961. The summed E-state index contributed by atoms with van der Waals surface area (Å²) in [5.41, 5.74) is 6.91. The summed E-state index contributed by atoms with van der Waals surface area (Å²) in [6, 6.07) is 11.5. The molecule has 3 N–H and O–H groups in total. The van der Waals surface area contributed by atoms with E-state index in [0.717, 1.165) is 5.56 Å². The Kier molecular flexibility index (Phi) is 6.06. The van der Waals surface area contributed by atoms with Crippen molar-refractivity contribution in [2.45, 2.75) is 19.6 Å². The molecule has 1 unspecified atom stereocenters. The highest BCUT2D eigenvalue weighted by molar-refractivity contribution is 6.33. The number of ether oxygens (including phenoxy) is 1. The molecular formula is C17H16Cl2N2O3. The van der Waals surface area contributed by atoms with Gasteiger partial charge in [0.2, 0.25) is 0 Å². The molecule has 0 fully saturated rings. The van der Waals surface area contributed by atoms with Crippen molar-refractivity contribution in [1.29, 1.82) is 0 Å². The molecular weight excluding hydrogens is 351 g/mol. The SMILES string of the molecule is CC(OC(=O)c1ccc(Cl)c(N)c1)C(=O)NCc1ccccc1Cl. The zero-order valence-corrected chi connectivity index (χ0v) is 14.4. The fourth-order valence-corrected chi connectivity index (χ4v) is 2.24. The molecule has 0 saturated heterocycles. The Bertz CT molecular complexity index is 765. The van der Waals surface area contributed by atoms with Gasteiger partial charge in [0.25, 0.3) is 5.91 Å². The van der Waals surface area contributed by atoms with E-state index in [9.17, 15) is 9.59 Å². The van der Waals surface area contributed by atoms with Crippen LogP contribution in [-0.4, -0.2) is 18.0 Å². The maximum atomic E-state index is 12.0. The molecule has 0 radical (unpaired) electrons.